The van der Waals surface area contributed by atoms with E-state index >= 15 is 4.39 Å². The molecule has 4 aromatic heterocycles. The van der Waals surface area contributed by atoms with E-state index in [-0.39, 0.29) is 105 Å². The molecule has 14 rings (SSSR count). The average molecular weight is 1490 g/mol. The molecule has 4 atom stereocenters. The van der Waals surface area contributed by atoms with Gasteiger partial charge in [0.2, 0.25) is 0 Å². The predicted octanol–water partition coefficient (Wildman–Crippen LogP) is 10.7. The van der Waals surface area contributed by atoms with Crippen LogP contribution < -0.4 is 58.9 Å². The number of thioether (sulfide) groups is 1. The fraction of sp³-hybridized carbons (Fsp3) is 0.247. The van der Waals surface area contributed by atoms with Gasteiger partial charge in [-0.2, -0.15) is 5.10 Å². The van der Waals surface area contributed by atoms with E-state index in [4.69, 9.17) is 21.4 Å². The molecule has 109 heavy (non-hydrogen) atoms. The van der Waals surface area contributed by atoms with Crippen molar-refractivity contribution in [3.05, 3.63) is 262 Å². The van der Waals surface area contributed by atoms with Crippen molar-refractivity contribution in [2.45, 2.75) is 87.0 Å². The number of nitrogen functional groups attached to an aromatic ring is 2. The summed E-state index contributed by atoms with van der Waals surface area (Å²) in [7, 11) is 0. The largest absolute Gasteiger partial charge is 0.382 e. The van der Waals surface area contributed by atoms with Crippen molar-refractivity contribution in [3.8, 4) is 34.0 Å². The third-order valence-electron chi connectivity index (χ3n) is 18.9. The molecular formula is C81H82F2N20O5S. The van der Waals surface area contributed by atoms with Crippen LogP contribution in [0.4, 0.5) is 37.7 Å². The van der Waals surface area contributed by atoms with Gasteiger partial charge in [0.15, 0.2) is 52.0 Å². The molecule has 0 spiro atoms. The molecule has 0 bridgehead atoms. The highest BCUT2D eigenvalue weighted by Gasteiger charge is 2.29. The third kappa shape index (κ3) is 19.5. The van der Waals surface area contributed by atoms with Crippen molar-refractivity contribution < 1.29 is 32.8 Å². The van der Waals surface area contributed by atoms with Gasteiger partial charge in [0, 0.05) is 94.2 Å². The monoisotopic (exact) mass is 1480 g/mol. The Hall–Kier alpha value is -12.2. The number of aromatic amines is 1. The van der Waals surface area contributed by atoms with E-state index in [1.165, 1.54) is 29.6 Å². The summed E-state index contributed by atoms with van der Waals surface area (Å²) < 4.78 is 30.0. The summed E-state index contributed by atoms with van der Waals surface area (Å²) in [5.74, 6) is -2.28. The Labute approximate surface area is 632 Å². The Morgan fingerprint density at radius 3 is 1.84 bits per heavy atom. The molecule has 0 aliphatic carbocycles. The van der Waals surface area contributed by atoms with Crippen molar-refractivity contribution in [2.75, 3.05) is 67.2 Å². The normalized spacial score (nSPS) is 15.8. The van der Waals surface area contributed by atoms with Crippen LogP contribution in [0.1, 0.15) is 131 Å². The molecule has 28 heteroatoms. The van der Waals surface area contributed by atoms with Crippen LogP contribution in [0.3, 0.4) is 0 Å². The standard InChI is InChI=1S/C56H54F2N14O3.C25H28N6O2S/c57-41-22-21-40(44(58)28-41)33-72(43-20-8-17-38(27-43)55(74)68-47-32-62-50(59)48(67-47)52-69-51(70-71-52)39-18-9-23-60-29-39)53-49(56(75)64-42-19-10-24-61-30-42)65-46(31-63-53)36-15-7-16-37(26-36)54(73)66-45(35-13-5-2-6-14-35)25-34-11-3-1-4-12-34;1-34-20-9-7-16(8-10-20)13-29-24(32)18-5-2-4-17(12-18)21-15-28-23(26)22(31-21)25(33)30-19-6-3-11-27-14-19/h1-8,11-17,20-22,26-28,31-32,39,42,45,60-61H,9-10,18-19,23-25,29-30,33H2,(H2,59,62)(H,64,75)(H,66,73)(H,67,68,74)(H,69,70,71);2,4-5,7-10,12,15,19,27H,3,6,11,13-14H2,1H3,(H2,26,28)(H,29,32)(H,30,33)/t39-,42-,45?;19-/m00/s1. The lowest BCUT2D eigenvalue weighted by atomic mass is 9.98. The SMILES string of the molecule is CSc1ccc(CNC(=O)c2cccc(-c3cnc(N)c(C(=O)N[C@H]4CCCNC4)n3)c2)cc1.Nc1ncc(NC(=O)c2cccc(N(Cc3ccc(F)cc3F)c3ncc(-c4cccc(C(=O)NC(Cc5ccccc5)c5ccccc5)c4)nc3C(=O)N[C@H]3CCCNC3)c2)nc1-c1nc([C@H]2CCCNC2)n[nH]1. The van der Waals surface area contributed by atoms with E-state index in [0.29, 0.717) is 71.2 Å². The smallest absolute Gasteiger partial charge is 0.274 e. The number of carbonyl (C=O) groups is 5. The highest BCUT2D eigenvalue weighted by molar-refractivity contribution is 7.98. The molecule has 3 fully saturated rings. The zero-order chi connectivity index (χ0) is 75.6. The second kappa shape index (κ2) is 35.9. The van der Waals surface area contributed by atoms with Crippen LogP contribution in [0, 0.1) is 11.6 Å². The highest BCUT2D eigenvalue weighted by Crippen LogP contribution is 2.34. The number of anilines is 5. The lowest BCUT2D eigenvalue weighted by Gasteiger charge is -2.28. The molecule has 7 heterocycles. The number of nitrogens with zero attached hydrogens (tertiary/aromatic N) is 9. The Morgan fingerprint density at radius 2 is 1.19 bits per heavy atom. The first kappa shape index (κ1) is 75.0. The molecular weight excluding hydrogens is 1400 g/mol. The average Bonchev–Trinajstić information content (AvgIpc) is 0.840. The number of aromatic nitrogens is 9. The van der Waals surface area contributed by atoms with Crippen LogP contribution >= 0.6 is 11.8 Å². The van der Waals surface area contributed by atoms with E-state index in [2.05, 4.69) is 77.7 Å². The van der Waals surface area contributed by atoms with Gasteiger partial charge in [-0.25, -0.2) is 43.7 Å². The molecule has 13 N–H and O–H groups in total. The van der Waals surface area contributed by atoms with Gasteiger partial charge in [0.25, 0.3) is 29.5 Å². The summed E-state index contributed by atoms with van der Waals surface area (Å²) in [6, 6.07) is 50.8. The van der Waals surface area contributed by atoms with Crippen LogP contribution in [-0.4, -0.2) is 132 Å². The van der Waals surface area contributed by atoms with Gasteiger partial charge in [0.05, 0.1) is 42.6 Å². The molecule has 5 amide bonds. The van der Waals surface area contributed by atoms with Crippen LogP contribution in [0.2, 0.25) is 0 Å². The molecule has 25 nitrogen and oxygen atoms in total. The molecule has 0 radical (unpaired) electrons. The highest BCUT2D eigenvalue weighted by atomic mass is 32.2. The molecule has 556 valence electrons. The fourth-order valence-electron chi connectivity index (χ4n) is 13.1. The summed E-state index contributed by atoms with van der Waals surface area (Å²) in [5.41, 5.74) is 18.7. The summed E-state index contributed by atoms with van der Waals surface area (Å²) in [5, 5.41) is 32.3. The minimum absolute atomic E-state index is 0.0197. The van der Waals surface area contributed by atoms with Gasteiger partial charge < -0.3 is 58.9 Å². The van der Waals surface area contributed by atoms with Crippen molar-refractivity contribution in [1.29, 1.82) is 0 Å². The first-order chi connectivity index (χ1) is 53.1. The summed E-state index contributed by atoms with van der Waals surface area (Å²) in [6.07, 6.45) is 12.3. The third-order valence-corrected chi connectivity index (χ3v) is 19.7. The van der Waals surface area contributed by atoms with E-state index < -0.39 is 23.4 Å². The van der Waals surface area contributed by atoms with E-state index in [1.54, 1.807) is 83.4 Å². The van der Waals surface area contributed by atoms with Crippen molar-refractivity contribution in [3.63, 3.8) is 0 Å². The van der Waals surface area contributed by atoms with Gasteiger partial charge >= 0.3 is 0 Å². The van der Waals surface area contributed by atoms with Gasteiger partial charge in [-0.3, -0.25) is 29.1 Å². The van der Waals surface area contributed by atoms with Gasteiger partial charge in [-0.15, -0.1) is 11.8 Å². The topological polar surface area (TPSA) is 356 Å². The number of nitrogens with one attached hydrogen (secondary N) is 9. The van der Waals surface area contributed by atoms with Crippen molar-refractivity contribution >= 4 is 70.3 Å². The number of halogens is 2. The summed E-state index contributed by atoms with van der Waals surface area (Å²) >= 11 is 1.68. The van der Waals surface area contributed by atoms with Gasteiger partial charge in [-0.05, 0) is 148 Å². The maximum absolute atomic E-state index is 15.7. The molecule has 3 aliphatic heterocycles. The first-order valence-electron chi connectivity index (χ1n) is 36.1. The molecule has 11 aromatic rings. The number of nitrogens with two attached hydrogens (primary N) is 2. The number of hydrogen-bond donors (Lipinski definition) is 11. The lowest BCUT2D eigenvalue weighted by molar-refractivity contribution is 0.0918. The van der Waals surface area contributed by atoms with Crippen LogP contribution in [0.5, 0.6) is 0 Å². The van der Waals surface area contributed by atoms with Gasteiger partial charge in [0.1, 0.15) is 11.6 Å². The number of hydrogen-bond acceptors (Lipinski definition) is 20. The molecule has 7 aromatic carbocycles. The van der Waals surface area contributed by atoms with Crippen LogP contribution in [0.15, 0.2) is 199 Å². The van der Waals surface area contributed by atoms with Crippen molar-refractivity contribution in [1.82, 2.24) is 82.3 Å². The van der Waals surface area contributed by atoms with Crippen molar-refractivity contribution in [2.24, 2.45) is 0 Å². The second-order valence-corrected chi connectivity index (χ2v) is 27.5. The maximum atomic E-state index is 15.7. The molecule has 3 aliphatic rings. The number of H-pyrrole nitrogens is 1. The molecule has 3 saturated heterocycles. The Bertz CT molecular complexity index is 5020. The van der Waals surface area contributed by atoms with E-state index in [0.717, 1.165) is 93.7 Å². The Kier molecular flexibility index (Phi) is 24.7. The number of piperidine rings is 3. The Balaban J connectivity index is 0.000000256. The summed E-state index contributed by atoms with van der Waals surface area (Å²) in [4.78, 5) is 103. The quantitative estimate of drug-likeness (QED) is 0.0265. The number of carbonyl (C=O) groups excluding carboxylic acids is 5. The second-order valence-electron chi connectivity index (χ2n) is 26.7. The maximum Gasteiger partial charge on any atom is 0.274 e. The van der Waals surface area contributed by atoms with Crippen LogP contribution in [-0.2, 0) is 19.5 Å². The first-order valence-corrected chi connectivity index (χ1v) is 37.3. The number of rotatable bonds is 23. The van der Waals surface area contributed by atoms with Crippen LogP contribution in [0.25, 0.3) is 34.0 Å². The zero-order valence-corrected chi connectivity index (χ0v) is 60.6. The lowest BCUT2D eigenvalue weighted by Crippen LogP contribution is -2.46. The fourth-order valence-corrected chi connectivity index (χ4v) is 13.5. The number of amides is 5. The Morgan fingerprint density at radius 1 is 0.578 bits per heavy atom. The zero-order valence-electron chi connectivity index (χ0n) is 59.8. The van der Waals surface area contributed by atoms with E-state index in [9.17, 15) is 28.4 Å². The molecule has 0 saturated carbocycles. The van der Waals surface area contributed by atoms with E-state index in [1.807, 2.05) is 97.3 Å². The minimum Gasteiger partial charge on any atom is -0.382 e. The summed E-state index contributed by atoms with van der Waals surface area (Å²) in [6.45, 7) is 4.86. The molecule has 1 unspecified atom stereocenters. The number of benzene rings is 7. The minimum atomic E-state index is -0.835. The predicted molar refractivity (Wildman–Crippen MR) is 416 cm³/mol. The van der Waals surface area contributed by atoms with Gasteiger partial charge in [-0.1, -0.05) is 109 Å².